The van der Waals surface area contributed by atoms with Gasteiger partial charge < -0.3 is 18.9 Å². The fraction of sp³-hybridized carbons (Fsp3) is 0.667. The Balaban J connectivity index is 3.66. The lowest BCUT2D eigenvalue weighted by molar-refractivity contribution is -0.172. The minimum atomic E-state index is -1.04. The summed E-state index contributed by atoms with van der Waals surface area (Å²) in [5, 5.41) is 0. The summed E-state index contributed by atoms with van der Waals surface area (Å²) < 4.78 is 18.1. The van der Waals surface area contributed by atoms with E-state index in [1.165, 1.54) is 6.92 Å². The van der Waals surface area contributed by atoms with Crippen LogP contribution in [0.4, 0.5) is 0 Å². The van der Waals surface area contributed by atoms with Gasteiger partial charge in [-0.05, 0) is 13.8 Å². The molecule has 0 rings (SSSR count). The Morgan fingerprint density at radius 3 is 2.56 bits per heavy atom. The zero-order valence-corrected chi connectivity index (χ0v) is 9.13. The first-order chi connectivity index (χ1) is 7.61. The van der Waals surface area contributed by atoms with Crippen LogP contribution in [0.2, 0.25) is 0 Å². The van der Waals surface area contributed by atoms with Crippen molar-refractivity contribution in [1.82, 2.24) is 0 Å². The van der Waals surface area contributed by atoms with Gasteiger partial charge in [-0.25, -0.2) is 9.59 Å². The monoisotopic (exact) mass is 234 g/mol. The summed E-state index contributed by atoms with van der Waals surface area (Å²) in [4.78, 5) is 31.8. The van der Waals surface area contributed by atoms with Gasteiger partial charge in [0.15, 0.2) is 19.5 Å². The van der Waals surface area contributed by atoms with Crippen molar-refractivity contribution < 1.29 is 33.3 Å². The predicted molar refractivity (Wildman–Crippen MR) is 50.2 cm³/mol. The lowest BCUT2D eigenvalue weighted by Gasteiger charge is -2.09. The van der Waals surface area contributed by atoms with Crippen LogP contribution >= 0.6 is 0 Å². The molecular formula is C9H14O7. The van der Waals surface area contributed by atoms with Gasteiger partial charge >= 0.3 is 11.9 Å². The van der Waals surface area contributed by atoms with E-state index in [4.69, 9.17) is 4.74 Å². The fourth-order valence-electron chi connectivity index (χ4n) is 0.619. The summed E-state index contributed by atoms with van der Waals surface area (Å²) in [6, 6.07) is 0. The van der Waals surface area contributed by atoms with Gasteiger partial charge in [0.2, 0.25) is 0 Å². The molecule has 7 heteroatoms. The molecule has 1 unspecified atom stereocenters. The number of rotatable bonds is 8. The molecule has 0 aromatic heterocycles. The van der Waals surface area contributed by atoms with Crippen molar-refractivity contribution in [2.45, 2.75) is 20.0 Å². The average Bonchev–Trinajstić information content (AvgIpc) is 2.26. The maximum atomic E-state index is 11.0. The first kappa shape index (κ1) is 14.4. The zero-order chi connectivity index (χ0) is 12.4. The molecule has 0 aliphatic heterocycles. The summed E-state index contributed by atoms with van der Waals surface area (Å²) in [6.45, 7) is 2.87. The number of esters is 2. The molecule has 7 nitrogen and oxygen atoms in total. The SMILES string of the molecule is CCOCOC(=O)COC(=O)C(C)OC=O. The van der Waals surface area contributed by atoms with Crippen LogP contribution in [-0.2, 0) is 33.3 Å². The maximum Gasteiger partial charge on any atom is 0.347 e. The van der Waals surface area contributed by atoms with Gasteiger partial charge in [0.05, 0.1) is 0 Å². The lowest BCUT2D eigenvalue weighted by atomic mass is 10.4. The van der Waals surface area contributed by atoms with E-state index in [2.05, 4.69) is 14.2 Å². The number of carbonyl (C=O) groups excluding carboxylic acids is 3. The van der Waals surface area contributed by atoms with Gasteiger partial charge in [-0.1, -0.05) is 0 Å². The van der Waals surface area contributed by atoms with Crippen LogP contribution < -0.4 is 0 Å². The number of hydrogen-bond donors (Lipinski definition) is 0. The quantitative estimate of drug-likeness (QED) is 0.186. The molecule has 0 aliphatic rings. The molecule has 0 aromatic rings. The van der Waals surface area contributed by atoms with Crippen molar-refractivity contribution in [3.8, 4) is 0 Å². The largest absolute Gasteiger partial charge is 0.453 e. The molecule has 16 heavy (non-hydrogen) atoms. The van der Waals surface area contributed by atoms with Gasteiger partial charge in [-0.3, -0.25) is 4.79 Å². The summed E-state index contributed by atoms with van der Waals surface area (Å²) in [7, 11) is 0. The highest BCUT2D eigenvalue weighted by molar-refractivity contribution is 5.79. The van der Waals surface area contributed by atoms with E-state index in [1.54, 1.807) is 6.92 Å². The topological polar surface area (TPSA) is 88.1 Å². The number of carbonyl (C=O) groups is 3. The Kier molecular flexibility index (Phi) is 7.78. The molecule has 92 valence electrons. The molecule has 0 amide bonds. The van der Waals surface area contributed by atoms with Crippen molar-refractivity contribution in [3.05, 3.63) is 0 Å². The molecule has 0 heterocycles. The van der Waals surface area contributed by atoms with E-state index < -0.39 is 24.6 Å². The molecule has 0 aliphatic carbocycles. The van der Waals surface area contributed by atoms with Crippen molar-refractivity contribution in [3.63, 3.8) is 0 Å². The third-order valence-electron chi connectivity index (χ3n) is 1.43. The molecule has 0 bridgehead atoms. The molecule has 0 spiro atoms. The molecule has 0 N–H and O–H groups in total. The van der Waals surface area contributed by atoms with E-state index in [9.17, 15) is 14.4 Å². The zero-order valence-electron chi connectivity index (χ0n) is 9.13. The summed E-state index contributed by atoms with van der Waals surface area (Å²) in [6.07, 6.45) is -1.04. The van der Waals surface area contributed by atoms with Gasteiger partial charge in [0, 0.05) is 6.61 Å². The molecule has 0 radical (unpaired) electrons. The smallest absolute Gasteiger partial charge is 0.347 e. The second-order valence-electron chi connectivity index (χ2n) is 2.61. The molecular weight excluding hydrogens is 220 g/mol. The van der Waals surface area contributed by atoms with Crippen LogP contribution in [-0.4, -0.2) is 44.5 Å². The molecule has 0 saturated heterocycles. The first-order valence-corrected chi connectivity index (χ1v) is 4.60. The average molecular weight is 234 g/mol. The van der Waals surface area contributed by atoms with E-state index in [0.29, 0.717) is 6.61 Å². The van der Waals surface area contributed by atoms with E-state index >= 15 is 0 Å². The highest BCUT2D eigenvalue weighted by atomic mass is 16.7. The summed E-state index contributed by atoms with van der Waals surface area (Å²) >= 11 is 0. The lowest BCUT2D eigenvalue weighted by Crippen LogP contribution is -2.26. The Morgan fingerprint density at radius 2 is 2.00 bits per heavy atom. The third-order valence-corrected chi connectivity index (χ3v) is 1.43. The first-order valence-electron chi connectivity index (χ1n) is 4.60. The van der Waals surface area contributed by atoms with Crippen LogP contribution in [0.15, 0.2) is 0 Å². The van der Waals surface area contributed by atoms with Crippen molar-refractivity contribution in [1.29, 1.82) is 0 Å². The van der Waals surface area contributed by atoms with Crippen LogP contribution in [0.25, 0.3) is 0 Å². The van der Waals surface area contributed by atoms with Crippen LogP contribution in [0.1, 0.15) is 13.8 Å². The minimum Gasteiger partial charge on any atom is -0.453 e. The summed E-state index contributed by atoms with van der Waals surface area (Å²) in [5.74, 6) is -1.56. The number of ether oxygens (including phenoxy) is 4. The Hall–Kier alpha value is -1.63. The van der Waals surface area contributed by atoms with Crippen LogP contribution in [0.5, 0.6) is 0 Å². The van der Waals surface area contributed by atoms with Gasteiger partial charge in [0.25, 0.3) is 6.47 Å². The molecule has 0 fully saturated rings. The highest BCUT2D eigenvalue weighted by Gasteiger charge is 2.16. The summed E-state index contributed by atoms with van der Waals surface area (Å²) in [5.41, 5.74) is 0. The number of hydrogen-bond acceptors (Lipinski definition) is 7. The van der Waals surface area contributed by atoms with Crippen molar-refractivity contribution >= 4 is 18.4 Å². The van der Waals surface area contributed by atoms with Gasteiger partial charge in [0.1, 0.15) is 0 Å². The Labute approximate surface area is 92.6 Å². The second kappa shape index (κ2) is 8.66. The minimum absolute atomic E-state index is 0.124. The Bertz CT molecular complexity index is 238. The maximum absolute atomic E-state index is 11.0. The van der Waals surface area contributed by atoms with E-state index in [0.717, 1.165) is 0 Å². The van der Waals surface area contributed by atoms with Gasteiger partial charge in [-0.2, -0.15) is 0 Å². The van der Waals surface area contributed by atoms with Crippen LogP contribution in [0.3, 0.4) is 0 Å². The second-order valence-corrected chi connectivity index (χ2v) is 2.61. The normalized spacial score (nSPS) is 11.4. The van der Waals surface area contributed by atoms with Crippen LogP contribution in [0, 0.1) is 0 Å². The predicted octanol–water partition coefficient (Wildman–Crippen LogP) is -0.372. The molecule has 0 aromatic carbocycles. The van der Waals surface area contributed by atoms with Crippen molar-refractivity contribution in [2.75, 3.05) is 20.0 Å². The standard InChI is InChI=1S/C9H14O7/c1-3-13-6-16-8(11)4-14-9(12)7(2)15-5-10/h5,7H,3-4,6H2,1-2H3. The van der Waals surface area contributed by atoms with Gasteiger partial charge in [-0.15, -0.1) is 0 Å². The highest BCUT2D eigenvalue weighted by Crippen LogP contribution is 1.93. The fourth-order valence-corrected chi connectivity index (χ4v) is 0.619. The molecule has 1 atom stereocenters. The van der Waals surface area contributed by atoms with E-state index in [1.807, 2.05) is 0 Å². The van der Waals surface area contributed by atoms with E-state index in [-0.39, 0.29) is 13.3 Å². The third kappa shape index (κ3) is 6.77. The Morgan fingerprint density at radius 1 is 1.31 bits per heavy atom. The van der Waals surface area contributed by atoms with Crippen molar-refractivity contribution in [2.24, 2.45) is 0 Å². The molecule has 0 saturated carbocycles.